The van der Waals surface area contributed by atoms with Crippen LogP contribution in [0.5, 0.6) is 0 Å². The molecule has 3 heteroatoms. The number of ether oxygens (including phenoxy) is 1. The monoisotopic (exact) mass is 171 g/mol. The van der Waals surface area contributed by atoms with Crippen molar-refractivity contribution in [3.05, 3.63) is 4.91 Å². The van der Waals surface area contributed by atoms with E-state index in [1.165, 1.54) is 0 Å². The molecule has 0 aromatic carbocycles. The third-order valence-corrected chi connectivity index (χ3v) is 3.07. The molecule has 1 fully saturated rings. The molecule has 0 bridgehead atoms. The fourth-order valence-corrected chi connectivity index (χ4v) is 1.78. The molecule has 0 aliphatic carbocycles. The second kappa shape index (κ2) is 3.99. The summed E-state index contributed by atoms with van der Waals surface area (Å²) in [5.41, 5.74) is -0.326. The van der Waals surface area contributed by atoms with Crippen molar-refractivity contribution in [2.24, 2.45) is 11.1 Å². The zero-order chi connectivity index (χ0) is 9.03. The van der Waals surface area contributed by atoms with Crippen LogP contribution in [0, 0.1) is 10.8 Å². The smallest absolute Gasteiger partial charge is 0.109 e. The van der Waals surface area contributed by atoms with Crippen molar-refractivity contribution in [1.29, 1.82) is 0 Å². The maximum absolute atomic E-state index is 10.8. The van der Waals surface area contributed by atoms with Crippen molar-refractivity contribution in [2.45, 2.75) is 38.6 Å². The molecular formula is C9H17NO2. The standard InChI is InChI=1S/C9H17NO2/c1-3-8(2)9(10-11)4-6-12-7-5-9/h8H,3-7H2,1-2H3. The van der Waals surface area contributed by atoms with Crippen LogP contribution in [0.15, 0.2) is 5.18 Å². The number of rotatable bonds is 3. The van der Waals surface area contributed by atoms with E-state index in [-0.39, 0.29) is 5.54 Å². The van der Waals surface area contributed by atoms with Gasteiger partial charge in [0.15, 0.2) is 0 Å². The van der Waals surface area contributed by atoms with Crippen LogP contribution in [0.3, 0.4) is 0 Å². The van der Waals surface area contributed by atoms with Crippen molar-refractivity contribution < 1.29 is 4.74 Å². The number of hydrogen-bond acceptors (Lipinski definition) is 3. The largest absolute Gasteiger partial charge is 0.381 e. The first kappa shape index (κ1) is 9.65. The van der Waals surface area contributed by atoms with Gasteiger partial charge in [0.25, 0.3) is 0 Å². The molecular weight excluding hydrogens is 154 g/mol. The summed E-state index contributed by atoms with van der Waals surface area (Å²) in [5.74, 6) is 0.388. The fraction of sp³-hybridized carbons (Fsp3) is 1.00. The van der Waals surface area contributed by atoms with Gasteiger partial charge in [-0.1, -0.05) is 25.4 Å². The summed E-state index contributed by atoms with van der Waals surface area (Å²) in [7, 11) is 0. The van der Waals surface area contributed by atoms with Crippen molar-refractivity contribution in [3.63, 3.8) is 0 Å². The Morgan fingerprint density at radius 3 is 2.50 bits per heavy atom. The predicted molar refractivity (Wildman–Crippen MR) is 48.0 cm³/mol. The Hall–Kier alpha value is -0.440. The van der Waals surface area contributed by atoms with Gasteiger partial charge in [0.1, 0.15) is 5.54 Å². The Kier molecular flexibility index (Phi) is 3.20. The van der Waals surface area contributed by atoms with E-state index in [9.17, 15) is 4.91 Å². The zero-order valence-corrected chi connectivity index (χ0v) is 7.88. The molecule has 1 heterocycles. The SMILES string of the molecule is CCC(C)C1(N=O)CCOCC1. The van der Waals surface area contributed by atoms with Crippen molar-refractivity contribution in [2.75, 3.05) is 13.2 Å². The number of nitrogens with zero attached hydrogens (tertiary/aromatic N) is 1. The quantitative estimate of drug-likeness (QED) is 0.611. The lowest BCUT2D eigenvalue weighted by Crippen LogP contribution is -2.39. The van der Waals surface area contributed by atoms with Crippen LogP contribution >= 0.6 is 0 Å². The third kappa shape index (κ3) is 1.66. The topological polar surface area (TPSA) is 38.7 Å². The summed E-state index contributed by atoms with van der Waals surface area (Å²) in [6.45, 7) is 5.59. The van der Waals surface area contributed by atoms with Crippen molar-refractivity contribution >= 4 is 0 Å². The first-order chi connectivity index (χ1) is 5.75. The van der Waals surface area contributed by atoms with Crippen LogP contribution in [0.1, 0.15) is 33.1 Å². The van der Waals surface area contributed by atoms with E-state index >= 15 is 0 Å². The molecule has 12 heavy (non-hydrogen) atoms. The van der Waals surface area contributed by atoms with Gasteiger partial charge in [0.05, 0.1) is 0 Å². The average molecular weight is 171 g/mol. The van der Waals surface area contributed by atoms with Crippen LogP contribution in [-0.4, -0.2) is 18.8 Å². The van der Waals surface area contributed by atoms with E-state index in [1.807, 2.05) is 0 Å². The summed E-state index contributed by atoms with van der Waals surface area (Å²) in [4.78, 5) is 10.8. The highest BCUT2D eigenvalue weighted by Gasteiger charge is 2.38. The Morgan fingerprint density at radius 2 is 2.08 bits per heavy atom. The lowest BCUT2D eigenvalue weighted by atomic mass is 9.78. The molecule has 0 spiro atoms. The zero-order valence-electron chi connectivity index (χ0n) is 7.88. The molecule has 0 aromatic rings. The maximum atomic E-state index is 10.8. The Labute approximate surface area is 73.5 Å². The molecule has 0 saturated carbocycles. The molecule has 0 aromatic heterocycles. The molecule has 70 valence electrons. The van der Waals surface area contributed by atoms with Crippen LogP contribution in [-0.2, 0) is 4.74 Å². The predicted octanol–water partition coefficient (Wildman–Crippen LogP) is 2.35. The van der Waals surface area contributed by atoms with Gasteiger partial charge >= 0.3 is 0 Å². The second-order valence-corrected chi connectivity index (χ2v) is 3.62. The molecule has 1 atom stereocenters. The highest BCUT2D eigenvalue weighted by Crippen LogP contribution is 2.34. The lowest BCUT2D eigenvalue weighted by molar-refractivity contribution is 0.0328. The lowest BCUT2D eigenvalue weighted by Gasteiger charge is -2.35. The molecule has 0 radical (unpaired) electrons. The molecule has 1 unspecified atom stereocenters. The van der Waals surface area contributed by atoms with Gasteiger partial charge in [-0.05, 0) is 18.8 Å². The summed E-state index contributed by atoms with van der Waals surface area (Å²) >= 11 is 0. The third-order valence-electron chi connectivity index (χ3n) is 3.07. The molecule has 1 rings (SSSR count). The van der Waals surface area contributed by atoms with Gasteiger partial charge in [0.2, 0.25) is 0 Å². The van der Waals surface area contributed by atoms with Gasteiger partial charge in [-0.2, -0.15) is 4.91 Å². The van der Waals surface area contributed by atoms with Gasteiger partial charge in [0, 0.05) is 13.2 Å². The van der Waals surface area contributed by atoms with Crippen LogP contribution < -0.4 is 0 Å². The first-order valence-corrected chi connectivity index (χ1v) is 4.67. The highest BCUT2D eigenvalue weighted by atomic mass is 16.5. The minimum Gasteiger partial charge on any atom is -0.381 e. The van der Waals surface area contributed by atoms with E-state index in [0.29, 0.717) is 19.1 Å². The minimum atomic E-state index is -0.326. The molecule has 0 amide bonds. The van der Waals surface area contributed by atoms with Gasteiger partial charge < -0.3 is 4.74 Å². The Morgan fingerprint density at radius 1 is 1.50 bits per heavy atom. The normalized spacial score (nSPS) is 24.8. The van der Waals surface area contributed by atoms with Crippen LogP contribution in [0.25, 0.3) is 0 Å². The Bertz CT molecular complexity index is 153. The molecule has 1 aliphatic heterocycles. The van der Waals surface area contributed by atoms with E-state index in [2.05, 4.69) is 19.0 Å². The highest BCUT2D eigenvalue weighted by molar-refractivity contribution is 4.93. The van der Waals surface area contributed by atoms with Gasteiger partial charge in [-0.3, -0.25) is 0 Å². The van der Waals surface area contributed by atoms with E-state index in [4.69, 9.17) is 4.74 Å². The van der Waals surface area contributed by atoms with Gasteiger partial charge in [-0.25, -0.2) is 0 Å². The first-order valence-electron chi connectivity index (χ1n) is 4.67. The van der Waals surface area contributed by atoms with Crippen molar-refractivity contribution in [3.8, 4) is 0 Å². The average Bonchev–Trinajstić information content (AvgIpc) is 2.17. The molecule has 1 aliphatic rings. The summed E-state index contributed by atoms with van der Waals surface area (Å²) in [6.07, 6.45) is 2.61. The maximum Gasteiger partial charge on any atom is 0.109 e. The summed E-state index contributed by atoms with van der Waals surface area (Å²) < 4.78 is 5.22. The van der Waals surface area contributed by atoms with E-state index in [1.54, 1.807) is 0 Å². The summed E-state index contributed by atoms with van der Waals surface area (Å²) in [5, 5.41) is 3.32. The van der Waals surface area contributed by atoms with E-state index < -0.39 is 0 Å². The van der Waals surface area contributed by atoms with Crippen molar-refractivity contribution in [1.82, 2.24) is 0 Å². The molecule has 3 nitrogen and oxygen atoms in total. The fourth-order valence-electron chi connectivity index (χ4n) is 1.78. The van der Waals surface area contributed by atoms with E-state index in [0.717, 1.165) is 19.3 Å². The summed E-state index contributed by atoms with van der Waals surface area (Å²) in [6, 6.07) is 0. The number of hydrogen-bond donors (Lipinski definition) is 0. The minimum absolute atomic E-state index is 0.326. The molecule has 0 N–H and O–H groups in total. The van der Waals surface area contributed by atoms with Crippen LogP contribution in [0.2, 0.25) is 0 Å². The molecule has 1 saturated heterocycles. The second-order valence-electron chi connectivity index (χ2n) is 3.62. The van der Waals surface area contributed by atoms with Crippen LogP contribution in [0.4, 0.5) is 0 Å². The van der Waals surface area contributed by atoms with Gasteiger partial charge in [-0.15, -0.1) is 0 Å². The Balaban J connectivity index is 2.65. The number of nitroso groups, excluding NO2 is 1.